The minimum absolute atomic E-state index is 0.0806. The highest BCUT2D eigenvalue weighted by Crippen LogP contribution is 2.22. The van der Waals surface area contributed by atoms with Gasteiger partial charge in [-0.2, -0.15) is 5.10 Å². The highest BCUT2D eigenvalue weighted by Gasteiger charge is 2.13. The molecule has 1 aromatic heterocycles. The summed E-state index contributed by atoms with van der Waals surface area (Å²) in [5.74, 6) is 0.669. The van der Waals surface area contributed by atoms with Gasteiger partial charge in [0.15, 0.2) is 5.16 Å². The second-order valence-electron chi connectivity index (χ2n) is 5.49. The second-order valence-corrected chi connectivity index (χ2v) is 7.34. The number of carbonyl (C=O) groups is 1. The summed E-state index contributed by atoms with van der Waals surface area (Å²) in [6.07, 6.45) is 1.39. The third-order valence-corrected chi connectivity index (χ3v) is 4.95. The Balaban J connectivity index is 1.60. The fraction of sp³-hybridized carbons (Fsp3) is 0.111. The summed E-state index contributed by atoms with van der Waals surface area (Å²) in [5, 5.41) is 22.5. The molecule has 1 amide bonds. The first kappa shape index (κ1) is 19.1. The molecule has 7 nitrogen and oxygen atoms in total. The second kappa shape index (κ2) is 8.83. The molecule has 0 bridgehead atoms. The molecular weight excluding hydrogens is 430 g/mol. The van der Waals surface area contributed by atoms with E-state index in [0.29, 0.717) is 10.7 Å². The van der Waals surface area contributed by atoms with Crippen LogP contribution in [-0.4, -0.2) is 37.7 Å². The van der Waals surface area contributed by atoms with Crippen LogP contribution in [0.3, 0.4) is 0 Å². The molecule has 9 heteroatoms. The van der Waals surface area contributed by atoms with Crippen molar-refractivity contribution in [2.24, 2.45) is 5.10 Å². The lowest BCUT2D eigenvalue weighted by atomic mass is 10.2. The number of para-hydroxylation sites is 1. The summed E-state index contributed by atoms with van der Waals surface area (Å²) < 4.78 is 2.69. The zero-order valence-corrected chi connectivity index (χ0v) is 16.7. The van der Waals surface area contributed by atoms with Gasteiger partial charge in [0.1, 0.15) is 11.6 Å². The Kier molecular flexibility index (Phi) is 6.25. The summed E-state index contributed by atoms with van der Waals surface area (Å²) in [5.41, 5.74) is 3.87. The van der Waals surface area contributed by atoms with Gasteiger partial charge in [-0.1, -0.05) is 45.9 Å². The average molecular weight is 446 g/mol. The number of nitrogens with zero attached hydrogens (tertiary/aromatic N) is 4. The minimum Gasteiger partial charge on any atom is -0.507 e. The highest BCUT2D eigenvalue weighted by atomic mass is 79.9. The third kappa shape index (κ3) is 4.95. The fourth-order valence-corrected chi connectivity index (χ4v) is 3.44. The van der Waals surface area contributed by atoms with Crippen LogP contribution in [0.15, 0.2) is 63.3 Å². The average Bonchev–Trinajstić information content (AvgIpc) is 3.04. The van der Waals surface area contributed by atoms with Crippen LogP contribution in [0.5, 0.6) is 5.75 Å². The van der Waals surface area contributed by atoms with Crippen LogP contribution in [0.25, 0.3) is 5.69 Å². The highest BCUT2D eigenvalue weighted by molar-refractivity contribution is 9.10. The lowest BCUT2D eigenvalue weighted by Gasteiger charge is -2.07. The predicted octanol–water partition coefficient (Wildman–Crippen LogP) is 3.29. The largest absolute Gasteiger partial charge is 0.507 e. The molecule has 2 aromatic carbocycles. The molecule has 0 unspecified atom stereocenters. The van der Waals surface area contributed by atoms with Gasteiger partial charge in [0.2, 0.25) is 0 Å². The number of carbonyl (C=O) groups excluding carboxylic acids is 1. The number of phenolic OH excluding ortho intramolecular Hbond substituents is 1. The van der Waals surface area contributed by atoms with Crippen molar-refractivity contribution in [3.8, 4) is 11.4 Å². The Labute approximate surface area is 168 Å². The van der Waals surface area contributed by atoms with Gasteiger partial charge in [-0.3, -0.25) is 9.36 Å². The summed E-state index contributed by atoms with van der Waals surface area (Å²) in [4.78, 5) is 12.0. The number of aromatic hydroxyl groups is 1. The summed E-state index contributed by atoms with van der Waals surface area (Å²) in [7, 11) is 0. The summed E-state index contributed by atoms with van der Waals surface area (Å²) in [6.45, 7) is 1.86. The Hall–Kier alpha value is -2.65. The third-order valence-electron chi connectivity index (χ3n) is 3.52. The van der Waals surface area contributed by atoms with Crippen LogP contribution in [0, 0.1) is 6.92 Å². The number of aromatic nitrogens is 3. The van der Waals surface area contributed by atoms with E-state index in [4.69, 9.17) is 0 Å². The first-order valence-corrected chi connectivity index (χ1v) is 9.73. The van der Waals surface area contributed by atoms with Gasteiger partial charge in [0, 0.05) is 15.7 Å². The van der Waals surface area contributed by atoms with Crippen LogP contribution in [-0.2, 0) is 4.79 Å². The van der Waals surface area contributed by atoms with Crippen LogP contribution in [0.1, 0.15) is 11.4 Å². The molecular formula is C18H16BrN5O2S. The molecule has 3 rings (SSSR count). The Morgan fingerprint density at radius 2 is 2.07 bits per heavy atom. The molecule has 27 heavy (non-hydrogen) atoms. The molecule has 0 atom stereocenters. The maximum atomic E-state index is 12.0. The van der Waals surface area contributed by atoms with Crippen molar-refractivity contribution >= 4 is 39.8 Å². The number of phenols is 1. The van der Waals surface area contributed by atoms with Crippen molar-refractivity contribution in [3.63, 3.8) is 0 Å². The quantitative estimate of drug-likeness (QED) is 0.345. The lowest BCUT2D eigenvalue weighted by molar-refractivity contribution is -0.118. The maximum Gasteiger partial charge on any atom is 0.250 e. The number of hydrogen-bond donors (Lipinski definition) is 2. The molecule has 0 aliphatic rings. The van der Waals surface area contributed by atoms with E-state index in [1.54, 1.807) is 18.2 Å². The van der Waals surface area contributed by atoms with E-state index in [1.807, 2.05) is 41.8 Å². The Morgan fingerprint density at radius 1 is 1.30 bits per heavy atom. The van der Waals surface area contributed by atoms with Gasteiger partial charge in [0.05, 0.1) is 12.0 Å². The van der Waals surface area contributed by atoms with E-state index in [-0.39, 0.29) is 17.4 Å². The molecule has 0 fully saturated rings. The molecule has 138 valence electrons. The van der Waals surface area contributed by atoms with E-state index in [0.717, 1.165) is 16.0 Å². The molecule has 3 aromatic rings. The van der Waals surface area contributed by atoms with Crippen molar-refractivity contribution < 1.29 is 9.90 Å². The van der Waals surface area contributed by atoms with E-state index in [1.165, 1.54) is 18.0 Å². The number of nitrogens with one attached hydrogen (secondary N) is 1. The normalized spacial score (nSPS) is 11.0. The number of benzene rings is 2. The number of hydrogen-bond acceptors (Lipinski definition) is 6. The van der Waals surface area contributed by atoms with Gasteiger partial charge in [-0.25, -0.2) is 5.43 Å². The van der Waals surface area contributed by atoms with Crippen molar-refractivity contribution in [3.05, 3.63) is 64.4 Å². The van der Waals surface area contributed by atoms with Crippen molar-refractivity contribution in [2.75, 3.05) is 5.75 Å². The van der Waals surface area contributed by atoms with E-state index < -0.39 is 0 Å². The number of amides is 1. The SMILES string of the molecule is Cc1nnc(SCC(=O)NN=Cc2cc(Br)ccc2O)n1-c1ccccc1. The van der Waals surface area contributed by atoms with Crippen LogP contribution >= 0.6 is 27.7 Å². The van der Waals surface area contributed by atoms with Gasteiger partial charge in [0.25, 0.3) is 5.91 Å². The fourth-order valence-electron chi connectivity index (χ4n) is 2.28. The molecule has 2 N–H and O–H groups in total. The summed E-state index contributed by atoms with van der Waals surface area (Å²) in [6, 6.07) is 14.7. The van der Waals surface area contributed by atoms with Gasteiger partial charge >= 0.3 is 0 Å². The molecule has 0 saturated heterocycles. The number of thioether (sulfide) groups is 1. The van der Waals surface area contributed by atoms with Crippen molar-refractivity contribution in [1.29, 1.82) is 0 Å². The lowest BCUT2D eigenvalue weighted by Crippen LogP contribution is -2.20. The summed E-state index contributed by atoms with van der Waals surface area (Å²) >= 11 is 4.59. The predicted molar refractivity (Wildman–Crippen MR) is 108 cm³/mol. The van der Waals surface area contributed by atoms with Crippen LogP contribution in [0.2, 0.25) is 0 Å². The molecule has 0 radical (unpaired) electrons. The van der Waals surface area contributed by atoms with E-state index >= 15 is 0 Å². The smallest absolute Gasteiger partial charge is 0.250 e. The Bertz CT molecular complexity index is 975. The topological polar surface area (TPSA) is 92.4 Å². The zero-order chi connectivity index (χ0) is 19.2. The van der Waals surface area contributed by atoms with Crippen molar-refractivity contribution in [2.45, 2.75) is 12.1 Å². The minimum atomic E-state index is -0.286. The van der Waals surface area contributed by atoms with Crippen LogP contribution in [0.4, 0.5) is 0 Å². The molecule has 0 aliphatic heterocycles. The van der Waals surface area contributed by atoms with Crippen LogP contribution < -0.4 is 5.43 Å². The standard InChI is InChI=1S/C18H16BrN5O2S/c1-12-21-23-18(24(12)15-5-3-2-4-6-15)27-11-17(26)22-20-10-13-9-14(19)7-8-16(13)25/h2-10,25H,11H2,1H3,(H,22,26). The number of hydrazone groups is 1. The van der Waals surface area contributed by atoms with E-state index in [9.17, 15) is 9.90 Å². The molecule has 1 heterocycles. The molecule has 0 spiro atoms. The van der Waals surface area contributed by atoms with Gasteiger partial charge in [-0.05, 0) is 37.3 Å². The molecule has 0 aliphatic carbocycles. The number of rotatable bonds is 6. The zero-order valence-electron chi connectivity index (χ0n) is 14.3. The van der Waals surface area contributed by atoms with E-state index in [2.05, 4.69) is 36.7 Å². The number of aryl methyl sites for hydroxylation is 1. The first-order chi connectivity index (χ1) is 13.0. The molecule has 0 saturated carbocycles. The Morgan fingerprint density at radius 3 is 2.85 bits per heavy atom. The van der Waals surface area contributed by atoms with Gasteiger partial charge in [-0.15, -0.1) is 10.2 Å². The maximum absolute atomic E-state index is 12.0. The van der Waals surface area contributed by atoms with Crippen molar-refractivity contribution in [1.82, 2.24) is 20.2 Å². The monoisotopic (exact) mass is 445 g/mol. The number of halogens is 1. The first-order valence-electron chi connectivity index (χ1n) is 7.95. The van der Waals surface area contributed by atoms with Gasteiger partial charge < -0.3 is 5.11 Å².